The molecule has 228 valence electrons. The van der Waals surface area contributed by atoms with Gasteiger partial charge in [0, 0.05) is 17.7 Å². The molecular formula is C27H30O15. The summed E-state index contributed by atoms with van der Waals surface area (Å²) in [6, 6.07) is 9.20. The second-order valence-corrected chi connectivity index (χ2v) is 9.95. The van der Waals surface area contributed by atoms with Crippen LogP contribution < -0.4 is 14.9 Å². The highest BCUT2D eigenvalue weighted by atomic mass is 16.7. The number of fused-ring (bicyclic) bond motifs is 1. The lowest BCUT2D eigenvalue weighted by Crippen LogP contribution is -2.60. The molecule has 0 aromatic heterocycles. The molecule has 15 nitrogen and oxygen atoms in total. The molecule has 2 fully saturated rings. The molecule has 1 aliphatic carbocycles. The Morgan fingerprint density at radius 1 is 0.690 bits per heavy atom. The summed E-state index contributed by atoms with van der Waals surface area (Å²) < 4.78 is 28.1. The molecule has 9 N–H and O–H groups in total. The zero-order valence-electron chi connectivity index (χ0n) is 21.7. The molecular weight excluding hydrogens is 564 g/mol. The predicted octanol–water partition coefficient (Wildman–Crippen LogP) is -2.53. The Morgan fingerprint density at radius 2 is 1.24 bits per heavy atom. The van der Waals surface area contributed by atoms with Crippen LogP contribution in [-0.2, 0) is 9.47 Å². The van der Waals surface area contributed by atoms with Crippen LogP contribution in [0.3, 0.4) is 0 Å². The quantitative estimate of drug-likeness (QED) is 0.137. The molecule has 3 heterocycles. The van der Waals surface area contributed by atoms with Gasteiger partial charge in [0.2, 0.25) is 12.6 Å². The molecule has 15 heteroatoms. The van der Waals surface area contributed by atoms with Gasteiger partial charge in [-0.3, -0.25) is 4.79 Å². The van der Waals surface area contributed by atoms with E-state index in [9.17, 15) is 50.8 Å². The van der Waals surface area contributed by atoms with Gasteiger partial charge in [-0.2, -0.15) is 0 Å². The van der Waals surface area contributed by atoms with Crippen LogP contribution in [0, 0.1) is 0 Å². The standard InChI is InChI=1S/C27H30O15/c28-8-17-19(32)21(34)23(36)26(41-17)38-12-5-14(31)13-7-16(40-27-24(37)22(35)20(33)18(9-29)42-27)25(39-15(13)6-12)10-1-3-11(30)4-2-10/h1-7,17-24,26-30,32-37H,8-9H2/t17-,18-,19-,20-,21+,22+,23-,24-,26-,27-/m1/s1. The zero-order chi connectivity index (χ0) is 30.3. The molecule has 0 unspecified atom stereocenters. The molecule has 3 aliphatic heterocycles. The minimum absolute atomic E-state index is 0.0242. The summed E-state index contributed by atoms with van der Waals surface area (Å²) in [6.45, 7) is -1.38. The Labute approximate surface area is 236 Å². The van der Waals surface area contributed by atoms with Gasteiger partial charge in [-0.15, -0.1) is 0 Å². The number of ether oxygens (including phenoxy) is 4. The maximum absolute atomic E-state index is 13.1. The van der Waals surface area contributed by atoms with Gasteiger partial charge >= 0.3 is 0 Å². The van der Waals surface area contributed by atoms with Gasteiger partial charge in [-0.25, -0.2) is 0 Å². The van der Waals surface area contributed by atoms with E-state index in [2.05, 4.69) is 0 Å². The number of aromatic hydroxyl groups is 1. The number of rotatable bonds is 7. The van der Waals surface area contributed by atoms with Crippen LogP contribution in [0.4, 0.5) is 0 Å². The first kappa shape index (κ1) is 30.1. The van der Waals surface area contributed by atoms with Gasteiger partial charge < -0.3 is 69.3 Å². The zero-order valence-corrected chi connectivity index (χ0v) is 21.7. The second-order valence-electron chi connectivity index (χ2n) is 9.95. The van der Waals surface area contributed by atoms with Crippen molar-refractivity contribution in [2.75, 3.05) is 13.2 Å². The van der Waals surface area contributed by atoms with Gasteiger partial charge in [0.05, 0.1) is 18.8 Å². The third-order valence-electron chi connectivity index (χ3n) is 7.11. The van der Waals surface area contributed by atoms with Crippen molar-refractivity contribution in [3.63, 3.8) is 0 Å². The molecule has 0 bridgehead atoms. The molecule has 4 aliphatic rings. The lowest BCUT2D eigenvalue weighted by Gasteiger charge is -2.39. The molecule has 2 saturated heterocycles. The van der Waals surface area contributed by atoms with E-state index >= 15 is 0 Å². The minimum Gasteiger partial charge on any atom is -0.508 e. The smallest absolute Gasteiger partial charge is 0.229 e. The van der Waals surface area contributed by atoms with Gasteiger partial charge in [-0.05, 0) is 30.3 Å². The van der Waals surface area contributed by atoms with Gasteiger partial charge in [0.1, 0.15) is 66.1 Å². The maximum Gasteiger partial charge on any atom is 0.229 e. The summed E-state index contributed by atoms with van der Waals surface area (Å²) in [5, 5.41) is 89.7. The molecule has 0 amide bonds. The van der Waals surface area contributed by atoms with E-state index in [1.54, 1.807) is 0 Å². The highest BCUT2D eigenvalue weighted by Gasteiger charge is 2.46. The number of phenolic OH excluding ortho intramolecular Hbond substituents is 1. The van der Waals surface area contributed by atoms with Crippen LogP contribution in [0.2, 0.25) is 0 Å². The summed E-state index contributed by atoms with van der Waals surface area (Å²) in [6.07, 6.45) is -15.8. The molecule has 0 radical (unpaired) electrons. The van der Waals surface area contributed by atoms with E-state index in [0.29, 0.717) is 5.56 Å². The minimum atomic E-state index is -1.76. The van der Waals surface area contributed by atoms with Crippen LogP contribution >= 0.6 is 0 Å². The largest absolute Gasteiger partial charge is 0.508 e. The van der Waals surface area contributed by atoms with E-state index < -0.39 is 80.1 Å². The molecule has 10 atom stereocenters. The number of hydrogen-bond donors (Lipinski definition) is 9. The van der Waals surface area contributed by atoms with Crippen molar-refractivity contribution in [1.29, 1.82) is 0 Å². The average molecular weight is 595 g/mol. The highest BCUT2D eigenvalue weighted by Crippen LogP contribution is 2.39. The van der Waals surface area contributed by atoms with Crippen LogP contribution in [0.1, 0.15) is 0 Å². The van der Waals surface area contributed by atoms with Crippen molar-refractivity contribution < 1.29 is 69.3 Å². The van der Waals surface area contributed by atoms with Gasteiger partial charge in [0.25, 0.3) is 0 Å². The van der Waals surface area contributed by atoms with Crippen LogP contribution in [0.25, 0.3) is 22.6 Å². The van der Waals surface area contributed by atoms with Crippen molar-refractivity contribution in [2.24, 2.45) is 0 Å². The number of aliphatic hydroxyl groups is 8. The number of benzene rings is 2. The summed E-state index contributed by atoms with van der Waals surface area (Å²) in [5.74, 6) is -0.430. The molecule has 1 aromatic rings. The molecule has 1 aromatic carbocycles. The first-order chi connectivity index (χ1) is 20.0. The SMILES string of the molecule is O=c1cc(O[C@@H]2O[C@H](CO)[C@@H](O)[C@H](O)[C@H]2O)cc2oc(-c3ccc(O)cc3)c(O[C@@H]3O[C@H](CO)[C@@H](O)[C@H](O)[C@H]3O)cc1-2. The van der Waals surface area contributed by atoms with E-state index in [-0.39, 0.29) is 34.3 Å². The third kappa shape index (κ3) is 5.67. The third-order valence-corrected chi connectivity index (χ3v) is 7.11. The molecule has 42 heavy (non-hydrogen) atoms. The van der Waals surface area contributed by atoms with E-state index in [1.165, 1.54) is 36.4 Å². The van der Waals surface area contributed by atoms with Gasteiger partial charge in [0.15, 0.2) is 16.9 Å². The van der Waals surface area contributed by atoms with Crippen molar-refractivity contribution in [3.05, 3.63) is 52.7 Å². The molecule has 0 saturated carbocycles. The number of phenols is 1. The molecule has 5 rings (SSSR count). The van der Waals surface area contributed by atoms with Gasteiger partial charge in [-0.1, -0.05) is 0 Å². The maximum atomic E-state index is 13.1. The van der Waals surface area contributed by atoms with E-state index in [4.69, 9.17) is 23.4 Å². The number of aliphatic hydroxyl groups excluding tert-OH is 8. The van der Waals surface area contributed by atoms with E-state index in [1.807, 2.05) is 0 Å². The van der Waals surface area contributed by atoms with Crippen molar-refractivity contribution >= 4 is 0 Å². The van der Waals surface area contributed by atoms with Crippen molar-refractivity contribution in [2.45, 2.75) is 61.4 Å². The summed E-state index contributed by atoms with van der Waals surface area (Å²) >= 11 is 0. The first-order valence-corrected chi connectivity index (χ1v) is 12.9. The Kier molecular flexibility index (Phi) is 8.68. The summed E-state index contributed by atoms with van der Waals surface area (Å²) in [5.41, 5.74) is -0.369. The number of hydrogen-bond acceptors (Lipinski definition) is 15. The monoisotopic (exact) mass is 594 g/mol. The average Bonchev–Trinajstić information content (AvgIpc) is 2.98. The molecule has 0 spiro atoms. The highest BCUT2D eigenvalue weighted by molar-refractivity contribution is 5.72. The summed E-state index contributed by atoms with van der Waals surface area (Å²) in [4.78, 5) is 13.1. The Morgan fingerprint density at radius 3 is 1.79 bits per heavy atom. The Balaban J connectivity index is 1.53. The summed E-state index contributed by atoms with van der Waals surface area (Å²) in [7, 11) is 0. The fourth-order valence-electron chi connectivity index (χ4n) is 4.72. The van der Waals surface area contributed by atoms with Crippen LogP contribution in [0.15, 0.2) is 51.7 Å². The lowest BCUT2D eigenvalue weighted by molar-refractivity contribution is -0.277. The predicted molar refractivity (Wildman–Crippen MR) is 137 cm³/mol. The second kappa shape index (κ2) is 12.1. The fourth-order valence-corrected chi connectivity index (χ4v) is 4.72. The van der Waals surface area contributed by atoms with Crippen molar-refractivity contribution in [3.8, 4) is 39.9 Å². The van der Waals surface area contributed by atoms with E-state index in [0.717, 1.165) is 6.07 Å². The van der Waals surface area contributed by atoms with Crippen LogP contribution in [0.5, 0.6) is 17.2 Å². The first-order valence-electron chi connectivity index (χ1n) is 12.9. The van der Waals surface area contributed by atoms with Crippen LogP contribution in [-0.4, -0.2) is 121 Å². The normalized spacial score (nSPS) is 33.4. The Hall–Kier alpha value is -3.35. The van der Waals surface area contributed by atoms with Crippen molar-refractivity contribution in [1.82, 2.24) is 0 Å². The lowest BCUT2D eigenvalue weighted by atomic mass is 9.99. The topological polar surface area (TPSA) is 249 Å². The Bertz CT molecular complexity index is 1390. The fraction of sp³-hybridized carbons (Fsp3) is 0.444.